The fourth-order valence-corrected chi connectivity index (χ4v) is 5.61. The van der Waals surface area contributed by atoms with Crippen molar-refractivity contribution in [1.82, 2.24) is 14.9 Å². The molecule has 174 valence electrons. The average Bonchev–Trinajstić information content (AvgIpc) is 3.35. The molecule has 0 amide bonds. The van der Waals surface area contributed by atoms with Gasteiger partial charge in [0.1, 0.15) is 17.1 Å². The standard InChI is InChI=1S/C27H33FN4O/c28-23-10-5-4-9-21(23)22(27(33)20-7-2-1-3-8-20)13-14-31-15-17-32(18-16-31)25-12-6-11-24-26(25)30-19-29-24/h4-6,9-12,19-20,22H,1-3,7-8,13-18H2,(H,29,30). The van der Waals surface area contributed by atoms with Crippen LogP contribution in [0.15, 0.2) is 48.8 Å². The molecule has 33 heavy (non-hydrogen) atoms. The summed E-state index contributed by atoms with van der Waals surface area (Å²) in [5, 5.41) is 0. The molecular formula is C27H33FN4O. The first-order chi connectivity index (χ1) is 16.2. The third-order valence-electron chi connectivity index (χ3n) is 7.51. The van der Waals surface area contributed by atoms with Gasteiger partial charge in [0.15, 0.2) is 0 Å². The highest BCUT2D eigenvalue weighted by molar-refractivity contribution is 5.89. The lowest BCUT2D eigenvalue weighted by molar-refractivity contribution is -0.125. The number of Topliss-reactive ketones (excluding diaryl/α,β-unsaturated/α-hetero) is 1. The normalized spacial score (nSPS) is 19.1. The summed E-state index contributed by atoms with van der Waals surface area (Å²) in [6, 6.07) is 13.1. The number of H-pyrrole nitrogens is 1. The van der Waals surface area contributed by atoms with Gasteiger partial charge >= 0.3 is 0 Å². The Morgan fingerprint density at radius 1 is 1.03 bits per heavy atom. The van der Waals surface area contributed by atoms with Crippen molar-refractivity contribution in [1.29, 1.82) is 0 Å². The van der Waals surface area contributed by atoms with Gasteiger partial charge in [0.2, 0.25) is 0 Å². The molecule has 1 aromatic heterocycles. The van der Waals surface area contributed by atoms with E-state index in [0.29, 0.717) is 12.0 Å². The summed E-state index contributed by atoms with van der Waals surface area (Å²) >= 11 is 0. The summed E-state index contributed by atoms with van der Waals surface area (Å²) in [5.74, 6) is -0.244. The third-order valence-corrected chi connectivity index (χ3v) is 7.51. The van der Waals surface area contributed by atoms with Gasteiger partial charge in [-0.15, -0.1) is 0 Å². The lowest BCUT2D eigenvalue weighted by Gasteiger charge is -2.37. The number of aromatic amines is 1. The van der Waals surface area contributed by atoms with Crippen LogP contribution in [0.4, 0.5) is 10.1 Å². The minimum atomic E-state index is -0.342. The number of halogens is 1. The molecule has 0 bridgehead atoms. The molecule has 5 rings (SSSR count). The zero-order chi connectivity index (χ0) is 22.6. The number of hydrogen-bond acceptors (Lipinski definition) is 4. The highest BCUT2D eigenvalue weighted by Crippen LogP contribution is 2.33. The van der Waals surface area contributed by atoms with E-state index < -0.39 is 0 Å². The van der Waals surface area contributed by atoms with E-state index in [1.165, 1.54) is 18.2 Å². The predicted octanol–water partition coefficient (Wildman–Crippen LogP) is 5.15. The van der Waals surface area contributed by atoms with Crippen molar-refractivity contribution in [2.45, 2.75) is 44.4 Å². The first-order valence-corrected chi connectivity index (χ1v) is 12.4. The fraction of sp³-hybridized carbons (Fsp3) is 0.481. The Morgan fingerprint density at radius 3 is 2.61 bits per heavy atom. The fourth-order valence-electron chi connectivity index (χ4n) is 5.61. The maximum atomic E-state index is 14.7. The SMILES string of the molecule is O=C(C1CCCCC1)C(CCN1CCN(c2cccc3[nH]cnc23)CC1)c1ccccc1F. The molecule has 1 saturated carbocycles. The van der Waals surface area contributed by atoms with E-state index >= 15 is 0 Å². The number of ketones is 1. The molecule has 6 heteroatoms. The van der Waals surface area contributed by atoms with Gasteiger partial charge in [0.05, 0.1) is 17.5 Å². The zero-order valence-corrected chi connectivity index (χ0v) is 19.2. The van der Waals surface area contributed by atoms with Crippen LogP contribution in [0.2, 0.25) is 0 Å². The number of nitrogens with one attached hydrogen (secondary N) is 1. The molecule has 2 heterocycles. The Balaban J connectivity index is 1.24. The van der Waals surface area contributed by atoms with E-state index in [1.807, 2.05) is 18.2 Å². The number of anilines is 1. The van der Waals surface area contributed by atoms with Crippen LogP contribution in [0.25, 0.3) is 11.0 Å². The number of hydrogen-bond donors (Lipinski definition) is 1. The molecule has 1 saturated heterocycles. The second kappa shape index (κ2) is 10.0. The van der Waals surface area contributed by atoms with Crippen LogP contribution in [-0.2, 0) is 4.79 Å². The Labute approximate surface area is 195 Å². The van der Waals surface area contributed by atoms with E-state index in [9.17, 15) is 9.18 Å². The van der Waals surface area contributed by atoms with E-state index in [0.717, 1.165) is 69.4 Å². The highest BCUT2D eigenvalue weighted by atomic mass is 19.1. The number of piperazine rings is 1. The first-order valence-electron chi connectivity index (χ1n) is 12.4. The lowest BCUT2D eigenvalue weighted by atomic mass is 9.78. The topological polar surface area (TPSA) is 52.2 Å². The van der Waals surface area contributed by atoms with Crippen LogP contribution < -0.4 is 4.90 Å². The Kier molecular flexibility index (Phi) is 6.72. The molecule has 1 N–H and O–H groups in total. The van der Waals surface area contributed by atoms with Gasteiger partial charge in [-0.05, 0) is 49.6 Å². The quantitative estimate of drug-likeness (QED) is 0.543. The molecule has 1 unspecified atom stereocenters. The number of para-hydroxylation sites is 1. The largest absolute Gasteiger partial charge is 0.367 e. The molecule has 3 aromatic rings. The molecule has 2 aromatic carbocycles. The van der Waals surface area contributed by atoms with Gasteiger partial charge in [0.25, 0.3) is 0 Å². The van der Waals surface area contributed by atoms with Crippen LogP contribution in [0.3, 0.4) is 0 Å². The predicted molar refractivity (Wildman–Crippen MR) is 130 cm³/mol. The Morgan fingerprint density at radius 2 is 1.82 bits per heavy atom. The van der Waals surface area contributed by atoms with E-state index in [1.54, 1.807) is 12.4 Å². The number of nitrogens with zero attached hydrogens (tertiary/aromatic N) is 3. The van der Waals surface area contributed by atoms with Gasteiger partial charge in [0, 0.05) is 38.0 Å². The summed E-state index contributed by atoms with van der Waals surface area (Å²) < 4.78 is 14.7. The van der Waals surface area contributed by atoms with E-state index in [4.69, 9.17) is 0 Å². The number of rotatable bonds is 7. The molecule has 5 nitrogen and oxygen atoms in total. The van der Waals surface area contributed by atoms with Crippen LogP contribution in [0.1, 0.15) is 50.0 Å². The lowest BCUT2D eigenvalue weighted by Crippen LogP contribution is -2.47. The Bertz CT molecular complexity index is 1080. The number of carbonyl (C=O) groups is 1. The summed E-state index contributed by atoms with van der Waals surface area (Å²) in [7, 11) is 0. The second-order valence-electron chi connectivity index (χ2n) is 9.50. The van der Waals surface area contributed by atoms with Crippen molar-refractivity contribution in [3.8, 4) is 0 Å². The van der Waals surface area contributed by atoms with Gasteiger partial charge < -0.3 is 9.88 Å². The summed E-state index contributed by atoms with van der Waals surface area (Å²) in [5.41, 5.74) is 3.83. The first kappa shape index (κ1) is 22.1. The van der Waals surface area contributed by atoms with Crippen LogP contribution >= 0.6 is 0 Å². The van der Waals surface area contributed by atoms with Crippen LogP contribution in [0, 0.1) is 11.7 Å². The van der Waals surface area contributed by atoms with Gasteiger partial charge in [-0.3, -0.25) is 9.69 Å². The van der Waals surface area contributed by atoms with Gasteiger partial charge in [-0.1, -0.05) is 43.5 Å². The van der Waals surface area contributed by atoms with Gasteiger partial charge in [-0.2, -0.15) is 0 Å². The smallest absolute Gasteiger partial charge is 0.143 e. The molecule has 1 aliphatic heterocycles. The van der Waals surface area contributed by atoms with Crippen molar-refractivity contribution in [2.24, 2.45) is 5.92 Å². The monoisotopic (exact) mass is 448 g/mol. The molecule has 2 aliphatic rings. The summed E-state index contributed by atoms with van der Waals surface area (Å²) in [4.78, 5) is 25.9. The van der Waals surface area contributed by atoms with Crippen molar-refractivity contribution >= 4 is 22.5 Å². The number of imidazole rings is 1. The maximum Gasteiger partial charge on any atom is 0.143 e. The molecule has 0 spiro atoms. The minimum absolute atomic E-state index is 0.0922. The van der Waals surface area contributed by atoms with Crippen LogP contribution in [0.5, 0.6) is 0 Å². The van der Waals surface area contributed by atoms with Crippen molar-refractivity contribution in [3.05, 3.63) is 60.2 Å². The highest BCUT2D eigenvalue weighted by Gasteiger charge is 2.31. The zero-order valence-electron chi connectivity index (χ0n) is 19.2. The summed E-state index contributed by atoms with van der Waals surface area (Å²) in [6.07, 6.45) is 7.80. The molecular weight excluding hydrogens is 415 g/mol. The van der Waals surface area contributed by atoms with E-state index in [-0.39, 0.29) is 23.4 Å². The maximum absolute atomic E-state index is 14.7. The van der Waals surface area contributed by atoms with E-state index in [2.05, 4.69) is 31.9 Å². The van der Waals surface area contributed by atoms with Crippen molar-refractivity contribution < 1.29 is 9.18 Å². The molecule has 0 radical (unpaired) electrons. The number of benzene rings is 2. The molecule has 1 aliphatic carbocycles. The molecule has 1 atom stereocenters. The Hall–Kier alpha value is -2.73. The number of aromatic nitrogens is 2. The third kappa shape index (κ3) is 4.81. The minimum Gasteiger partial charge on any atom is -0.367 e. The average molecular weight is 449 g/mol. The summed E-state index contributed by atoms with van der Waals surface area (Å²) in [6.45, 7) is 4.53. The van der Waals surface area contributed by atoms with Crippen molar-refractivity contribution in [3.63, 3.8) is 0 Å². The van der Waals surface area contributed by atoms with Crippen molar-refractivity contribution in [2.75, 3.05) is 37.6 Å². The number of carbonyl (C=O) groups excluding carboxylic acids is 1. The van der Waals surface area contributed by atoms with Crippen LogP contribution in [-0.4, -0.2) is 53.4 Å². The van der Waals surface area contributed by atoms with Gasteiger partial charge in [-0.25, -0.2) is 9.37 Å². The molecule has 2 fully saturated rings. The number of fused-ring (bicyclic) bond motifs is 1. The second-order valence-corrected chi connectivity index (χ2v) is 9.50.